The Morgan fingerprint density at radius 2 is 1.89 bits per heavy atom. The SMILES string of the molecule is C=CCN1CCC2(CC1)CN(C(=O)CCc1ccccc1)c1ccc(C)cc12. The molecule has 146 valence electrons. The number of fused-ring (bicyclic) bond motifs is 2. The van der Waals surface area contributed by atoms with Crippen LogP contribution < -0.4 is 4.90 Å². The lowest BCUT2D eigenvalue weighted by atomic mass is 9.74. The molecule has 0 N–H and O–H groups in total. The number of amides is 1. The summed E-state index contributed by atoms with van der Waals surface area (Å²) in [4.78, 5) is 17.7. The molecule has 28 heavy (non-hydrogen) atoms. The molecule has 0 bridgehead atoms. The van der Waals surface area contributed by atoms with E-state index in [0.29, 0.717) is 6.42 Å². The van der Waals surface area contributed by atoms with Crippen LogP contribution in [0.4, 0.5) is 5.69 Å². The summed E-state index contributed by atoms with van der Waals surface area (Å²) in [6.07, 6.45) is 5.58. The zero-order valence-corrected chi connectivity index (χ0v) is 16.9. The van der Waals surface area contributed by atoms with E-state index >= 15 is 0 Å². The van der Waals surface area contributed by atoms with Gasteiger partial charge in [0.05, 0.1) is 0 Å². The number of hydrogen-bond acceptors (Lipinski definition) is 2. The summed E-state index contributed by atoms with van der Waals surface area (Å²) in [5, 5.41) is 0. The predicted octanol–water partition coefficient (Wildman–Crippen LogP) is 4.49. The first-order valence-corrected chi connectivity index (χ1v) is 10.4. The van der Waals surface area contributed by atoms with Crippen molar-refractivity contribution in [1.29, 1.82) is 0 Å². The second-order valence-corrected chi connectivity index (χ2v) is 8.36. The average Bonchev–Trinajstić information content (AvgIpc) is 3.02. The van der Waals surface area contributed by atoms with Gasteiger partial charge in [-0.15, -0.1) is 6.58 Å². The normalized spacial score (nSPS) is 18.2. The fourth-order valence-electron chi connectivity index (χ4n) is 4.81. The van der Waals surface area contributed by atoms with E-state index in [9.17, 15) is 4.79 Å². The molecule has 1 amide bonds. The minimum absolute atomic E-state index is 0.113. The summed E-state index contributed by atoms with van der Waals surface area (Å²) in [6.45, 7) is 9.97. The second-order valence-electron chi connectivity index (χ2n) is 8.36. The van der Waals surface area contributed by atoms with Crippen LogP contribution in [0.1, 0.15) is 36.0 Å². The van der Waals surface area contributed by atoms with Gasteiger partial charge in [-0.1, -0.05) is 54.1 Å². The molecule has 0 radical (unpaired) electrons. The second kappa shape index (κ2) is 7.92. The lowest BCUT2D eigenvalue weighted by Crippen LogP contribution is -2.46. The highest BCUT2D eigenvalue weighted by atomic mass is 16.2. The van der Waals surface area contributed by atoms with Gasteiger partial charge in [0.2, 0.25) is 5.91 Å². The molecule has 2 heterocycles. The number of piperidine rings is 1. The summed E-state index contributed by atoms with van der Waals surface area (Å²) in [5.74, 6) is 0.249. The van der Waals surface area contributed by atoms with Crippen LogP contribution in [0.2, 0.25) is 0 Å². The highest BCUT2D eigenvalue weighted by Crippen LogP contribution is 2.47. The number of benzene rings is 2. The minimum Gasteiger partial charge on any atom is -0.311 e. The Balaban J connectivity index is 1.54. The van der Waals surface area contributed by atoms with Crippen LogP contribution in [0.25, 0.3) is 0 Å². The molecule has 0 aliphatic carbocycles. The van der Waals surface area contributed by atoms with Crippen molar-refractivity contribution in [3.8, 4) is 0 Å². The van der Waals surface area contributed by atoms with E-state index in [0.717, 1.165) is 51.1 Å². The minimum atomic E-state index is 0.113. The smallest absolute Gasteiger partial charge is 0.227 e. The molecule has 0 atom stereocenters. The molecule has 2 aromatic rings. The summed E-state index contributed by atoms with van der Waals surface area (Å²) >= 11 is 0. The number of nitrogens with zero attached hydrogens (tertiary/aromatic N) is 2. The molecule has 0 saturated carbocycles. The van der Waals surface area contributed by atoms with Gasteiger partial charge in [-0.05, 0) is 56.5 Å². The van der Waals surface area contributed by atoms with E-state index in [2.05, 4.69) is 53.6 Å². The molecule has 1 saturated heterocycles. The molecule has 2 aliphatic rings. The van der Waals surface area contributed by atoms with Crippen LogP contribution in [-0.4, -0.2) is 37.0 Å². The van der Waals surface area contributed by atoms with Gasteiger partial charge in [-0.3, -0.25) is 9.69 Å². The number of carbonyl (C=O) groups is 1. The van der Waals surface area contributed by atoms with Crippen molar-refractivity contribution in [2.45, 2.75) is 38.0 Å². The monoisotopic (exact) mass is 374 g/mol. The molecular weight excluding hydrogens is 344 g/mol. The van der Waals surface area contributed by atoms with Crippen molar-refractivity contribution < 1.29 is 4.79 Å². The van der Waals surface area contributed by atoms with Gasteiger partial charge < -0.3 is 4.90 Å². The van der Waals surface area contributed by atoms with Crippen LogP contribution in [0.3, 0.4) is 0 Å². The van der Waals surface area contributed by atoms with Crippen LogP contribution in [0, 0.1) is 6.92 Å². The van der Waals surface area contributed by atoms with Gasteiger partial charge in [0.25, 0.3) is 0 Å². The van der Waals surface area contributed by atoms with Crippen LogP contribution >= 0.6 is 0 Å². The number of carbonyl (C=O) groups excluding carboxylic acids is 1. The molecule has 4 rings (SSSR count). The molecule has 2 aromatic carbocycles. The van der Waals surface area contributed by atoms with E-state index in [1.54, 1.807) is 0 Å². The molecule has 1 fully saturated rings. The fourth-order valence-corrected chi connectivity index (χ4v) is 4.81. The van der Waals surface area contributed by atoms with E-state index < -0.39 is 0 Å². The fraction of sp³-hybridized carbons (Fsp3) is 0.400. The standard InChI is InChI=1S/C25H30N2O/c1-3-15-26-16-13-25(14-17-26)19-27(23-11-9-20(2)18-22(23)25)24(28)12-10-21-7-5-4-6-8-21/h3-9,11,18H,1,10,12-17,19H2,2H3. The van der Waals surface area contributed by atoms with Crippen molar-refractivity contribution >= 4 is 11.6 Å². The molecule has 3 heteroatoms. The van der Waals surface area contributed by atoms with E-state index in [1.807, 2.05) is 24.3 Å². The summed E-state index contributed by atoms with van der Waals surface area (Å²) < 4.78 is 0. The first-order chi connectivity index (χ1) is 13.6. The Bertz CT molecular complexity index is 850. The van der Waals surface area contributed by atoms with Crippen molar-refractivity contribution in [2.24, 2.45) is 0 Å². The summed E-state index contributed by atoms with van der Waals surface area (Å²) in [6, 6.07) is 16.9. The third-order valence-corrected chi connectivity index (χ3v) is 6.45. The number of likely N-dealkylation sites (tertiary alicyclic amines) is 1. The highest BCUT2D eigenvalue weighted by molar-refractivity contribution is 5.96. The maximum absolute atomic E-state index is 13.2. The number of aryl methyl sites for hydroxylation is 2. The Hall–Kier alpha value is -2.39. The van der Waals surface area contributed by atoms with Crippen LogP contribution in [0.15, 0.2) is 61.2 Å². The molecule has 1 spiro atoms. The summed E-state index contributed by atoms with van der Waals surface area (Å²) in [7, 11) is 0. The van der Waals surface area contributed by atoms with E-state index in [4.69, 9.17) is 0 Å². The third kappa shape index (κ3) is 3.64. The number of anilines is 1. The topological polar surface area (TPSA) is 23.6 Å². The van der Waals surface area contributed by atoms with Crippen molar-refractivity contribution in [1.82, 2.24) is 4.90 Å². The van der Waals surface area contributed by atoms with E-state index in [1.165, 1.54) is 16.7 Å². The first-order valence-electron chi connectivity index (χ1n) is 10.4. The number of rotatable bonds is 5. The zero-order chi connectivity index (χ0) is 19.6. The Kier molecular flexibility index (Phi) is 5.36. The number of hydrogen-bond donors (Lipinski definition) is 0. The van der Waals surface area contributed by atoms with Crippen molar-refractivity contribution in [2.75, 3.05) is 31.1 Å². The van der Waals surface area contributed by atoms with E-state index in [-0.39, 0.29) is 11.3 Å². The molecule has 0 unspecified atom stereocenters. The van der Waals surface area contributed by atoms with Crippen LogP contribution in [-0.2, 0) is 16.6 Å². The van der Waals surface area contributed by atoms with Gasteiger partial charge in [-0.25, -0.2) is 0 Å². The van der Waals surface area contributed by atoms with Gasteiger partial charge in [-0.2, -0.15) is 0 Å². The zero-order valence-electron chi connectivity index (χ0n) is 16.9. The Morgan fingerprint density at radius 1 is 1.14 bits per heavy atom. The summed E-state index contributed by atoms with van der Waals surface area (Å²) in [5.41, 5.74) is 5.15. The average molecular weight is 375 g/mol. The van der Waals surface area contributed by atoms with Gasteiger partial charge in [0.15, 0.2) is 0 Å². The Labute approximate surface area is 168 Å². The van der Waals surface area contributed by atoms with Crippen LogP contribution in [0.5, 0.6) is 0 Å². The largest absolute Gasteiger partial charge is 0.311 e. The molecule has 2 aliphatic heterocycles. The lowest BCUT2D eigenvalue weighted by molar-refractivity contribution is -0.118. The molecule has 0 aromatic heterocycles. The quantitative estimate of drug-likeness (QED) is 0.720. The van der Waals surface area contributed by atoms with Gasteiger partial charge in [0, 0.05) is 30.6 Å². The van der Waals surface area contributed by atoms with Gasteiger partial charge in [0.1, 0.15) is 0 Å². The highest BCUT2D eigenvalue weighted by Gasteiger charge is 2.45. The maximum atomic E-state index is 13.2. The molecule has 3 nitrogen and oxygen atoms in total. The maximum Gasteiger partial charge on any atom is 0.227 e. The first kappa shape index (κ1) is 18.9. The lowest BCUT2D eigenvalue weighted by Gasteiger charge is -2.39. The van der Waals surface area contributed by atoms with Crippen molar-refractivity contribution in [3.05, 3.63) is 77.9 Å². The third-order valence-electron chi connectivity index (χ3n) is 6.45. The predicted molar refractivity (Wildman–Crippen MR) is 116 cm³/mol. The van der Waals surface area contributed by atoms with Crippen molar-refractivity contribution in [3.63, 3.8) is 0 Å². The molecular formula is C25H30N2O. The Morgan fingerprint density at radius 3 is 2.61 bits per heavy atom. The van der Waals surface area contributed by atoms with Gasteiger partial charge >= 0.3 is 0 Å².